The van der Waals surface area contributed by atoms with E-state index < -0.39 is 12.7 Å². The number of likely N-dealkylation sites (tertiary alicyclic amines) is 1. The fourth-order valence-corrected chi connectivity index (χ4v) is 3.84. The third-order valence-corrected chi connectivity index (χ3v) is 5.45. The smallest absolute Gasteiger partial charge is 0.356 e. The average molecular weight is 534 g/mol. The number of nitrogens with one attached hydrogen (secondary N) is 2. The van der Waals surface area contributed by atoms with Crippen molar-refractivity contribution in [2.24, 2.45) is 10.9 Å². The summed E-state index contributed by atoms with van der Waals surface area (Å²) < 4.78 is 37.4. The summed E-state index contributed by atoms with van der Waals surface area (Å²) in [6.45, 7) is 1.71. The first-order valence-electron chi connectivity index (χ1n) is 10.1. The second kappa shape index (κ2) is 11.7. The SMILES string of the molecule is CN=C(NCCC1CCN(CC(F)(F)F)CC1)NCc1ccc2ccccc2c1.I. The summed E-state index contributed by atoms with van der Waals surface area (Å²) >= 11 is 0. The van der Waals surface area contributed by atoms with Crippen LogP contribution in [0.3, 0.4) is 0 Å². The summed E-state index contributed by atoms with van der Waals surface area (Å²) in [5.74, 6) is 1.21. The Morgan fingerprint density at radius 2 is 1.77 bits per heavy atom. The van der Waals surface area contributed by atoms with Crippen LogP contribution in [0.1, 0.15) is 24.8 Å². The molecule has 2 N–H and O–H groups in total. The monoisotopic (exact) mass is 534 g/mol. The van der Waals surface area contributed by atoms with Crippen LogP contribution in [0, 0.1) is 5.92 Å². The Bertz CT molecular complexity index is 817. The van der Waals surface area contributed by atoms with Crippen molar-refractivity contribution in [3.63, 3.8) is 0 Å². The van der Waals surface area contributed by atoms with Crippen LogP contribution in [0.4, 0.5) is 13.2 Å². The molecule has 0 radical (unpaired) electrons. The van der Waals surface area contributed by atoms with Gasteiger partial charge in [0.2, 0.25) is 0 Å². The molecule has 4 nitrogen and oxygen atoms in total. The first-order valence-corrected chi connectivity index (χ1v) is 10.1. The van der Waals surface area contributed by atoms with Crippen molar-refractivity contribution in [1.29, 1.82) is 0 Å². The molecular weight excluding hydrogens is 504 g/mol. The average Bonchev–Trinajstić information content (AvgIpc) is 2.70. The third-order valence-electron chi connectivity index (χ3n) is 5.45. The number of nitrogens with zero attached hydrogens (tertiary/aromatic N) is 2. The number of benzene rings is 2. The summed E-state index contributed by atoms with van der Waals surface area (Å²) in [5.41, 5.74) is 1.18. The molecule has 0 aromatic heterocycles. The van der Waals surface area contributed by atoms with E-state index in [0.717, 1.165) is 31.8 Å². The molecule has 1 saturated heterocycles. The summed E-state index contributed by atoms with van der Waals surface area (Å²) in [4.78, 5) is 5.77. The second-order valence-electron chi connectivity index (χ2n) is 7.66. The van der Waals surface area contributed by atoms with Crippen LogP contribution in [-0.4, -0.2) is 50.3 Å². The highest BCUT2D eigenvalue weighted by Crippen LogP contribution is 2.24. The number of guanidine groups is 1. The molecule has 30 heavy (non-hydrogen) atoms. The van der Waals surface area contributed by atoms with Gasteiger partial charge < -0.3 is 10.6 Å². The summed E-state index contributed by atoms with van der Waals surface area (Å²) in [7, 11) is 1.74. The minimum atomic E-state index is -4.10. The molecule has 3 rings (SSSR count). The molecule has 1 fully saturated rings. The van der Waals surface area contributed by atoms with Gasteiger partial charge in [-0.25, -0.2) is 0 Å². The fraction of sp³-hybridized carbons (Fsp3) is 0.500. The van der Waals surface area contributed by atoms with Crippen molar-refractivity contribution in [2.45, 2.75) is 32.0 Å². The van der Waals surface area contributed by atoms with Crippen LogP contribution in [0.2, 0.25) is 0 Å². The number of hydrogen-bond donors (Lipinski definition) is 2. The molecule has 0 bridgehead atoms. The second-order valence-corrected chi connectivity index (χ2v) is 7.66. The van der Waals surface area contributed by atoms with E-state index in [2.05, 4.69) is 46.0 Å². The molecule has 1 aliphatic heterocycles. The normalized spacial score (nSPS) is 16.3. The van der Waals surface area contributed by atoms with E-state index in [9.17, 15) is 13.2 Å². The summed E-state index contributed by atoms with van der Waals surface area (Å²) in [5, 5.41) is 9.08. The molecule has 0 unspecified atom stereocenters. The molecule has 2 aromatic rings. The number of hydrogen-bond acceptors (Lipinski definition) is 2. The zero-order valence-electron chi connectivity index (χ0n) is 17.2. The van der Waals surface area contributed by atoms with Crippen LogP contribution in [-0.2, 0) is 6.54 Å². The van der Waals surface area contributed by atoms with Gasteiger partial charge in [-0.2, -0.15) is 13.2 Å². The van der Waals surface area contributed by atoms with Gasteiger partial charge in [0.25, 0.3) is 0 Å². The Kier molecular flexibility index (Phi) is 9.67. The van der Waals surface area contributed by atoms with Gasteiger partial charge in [0.05, 0.1) is 6.54 Å². The lowest BCUT2D eigenvalue weighted by Crippen LogP contribution is -2.41. The van der Waals surface area contributed by atoms with Crippen LogP contribution in [0.5, 0.6) is 0 Å². The van der Waals surface area contributed by atoms with E-state index in [4.69, 9.17) is 0 Å². The van der Waals surface area contributed by atoms with Gasteiger partial charge in [0.15, 0.2) is 5.96 Å². The lowest BCUT2D eigenvalue weighted by Gasteiger charge is -2.32. The first-order chi connectivity index (χ1) is 13.9. The highest BCUT2D eigenvalue weighted by Gasteiger charge is 2.32. The van der Waals surface area contributed by atoms with E-state index in [1.165, 1.54) is 21.2 Å². The highest BCUT2D eigenvalue weighted by molar-refractivity contribution is 14.0. The van der Waals surface area contributed by atoms with Gasteiger partial charge >= 0.3 is 6.18 Å². The van der Waals surface area contributed by atoms with Gasteiger partial charge in [0, 0.05) is 20.1 Å². The molecule has 0 atom stereocenters. The van der Waals surface area contributed by atoms with Crippen LogP contribution >= 0.6 is 24.0 Å². The van der Waals surface area contributed by atoms with Crippen molar-refractivity contribution in [1.82, 2.24) is 15.5 Å². The lowest BCUT2D eigenvalue weighted by molar-refractivity contribution is -0.148. The van der Waals surface area contributed by atoms with E-state index in [1.54, 1.807) is 7.05 Å². The summed E-state index contributed by atoms with van der Waals surface area (Å²) in [6, 6.07) is 14.7. The van der Waals surface area contributed by atoms with Crippen molar-refractivity contribution < 1.29 is 13.2 Å². The van der Waals surface area contributed by atoms with Crippen molar-refractivity contribution in [3.8, 4) is 0 Å². The Hall–Kier alpha value is -1.55. The topological polar surface area (TPSA) is 39.7 Å². The summed E-state index contributed by atoms with van der Waals surface area (Å²) in [6.07, 6.45) is -1.52. The number of rotatable bonds is 6. The molecule has 0 saturated carbocycles. The van der Waals surface area contributed by atoms with Gasteiger partial charge in [-0.15, -0.1) is 24.0 Å². The molecule has 1 aliphatic rings. The van der Waals surface area contributed by atoms with Gasteiger partial charge in [0.1, 0.15) is 0 Å². The molecular formula is C22H30F3IN4. The van der Waals surface area contributed by atoms with Crippen molar-refractivity contribution in [3.05, 3.63) is 48.0 Å². The molecule has 166 valence electrons. The first kappa shape index (κ1) is 24.7. The van der Waals surface area contributed by atoms with Crippen molar-refractivity contribution >= 4 is 40.7 Å². The largest absolute Gasteiger partial charge is 0.401 e. The minimum absolute atomic E-state index is 0. The molecule has 2 aromatic carbocycles. The highest BCUT2D eigenvalue weighted by atomic mass is 127. The molecule has 1 heterocycles. The van der Waals surface area contributed by atoms with E-state index in [-0.39, 0.29) is 24.0 Å². The quantitative estimate of drug-likeness (QED) is 0.318. The Morgan fingerprint density at radius 3 is 2.43 bits per heavy atom. The zero-order valence-corrected chi connectivity index (χ0v) is 19.5. The van der Waals surface area contributed by atoms with E-state index >= 15 is 0 Å². The number of alkyl halides is 3. The van der Waals surface area contributed by atoms with Gasteiger partial charge in [-0.1, -0.05) is 36.4 Å². The minimum Gasteiger partial charge on any atom is -0.356 e. The lowest BCUT2D eigenvalue weighted by atomic mass is 9.93. The molecule has 0 spiro atoms. The number of piperidine rings is 1. The Labute approximate surface area is 193 Å². The predicted octanol–water partition coefficient (Wildman–Crippen LogP) is 4.79. The third kappa shape index (κ3) is 7.94. The van der Waals surface area contributed by atoms with Crippen LogP contribution < -0.4 is 10.6 Å². The molecule has 0 aliphatic carbocycles. The predicted molar refractivity (Wildman–Crippen MR) is 127 cm³/mol. The number of halogens is 4. The molecule has 8 heteroatoms. The maximum absolute atomic E-state index is 12.5. The van der Waals surface area contributed by atoms with Gasteiger partial charge in [-0.3, -0.25) is 9.89 Å². The number of fused-ring (bicyclic) bond motifs is 1. The fourth-order valence-electron chi connectivity index (χ4n) is 3.84. The Morgan fingerprint density at radius 1 is 1.07 bits per heavy atom. The molecule has 0 amide bonds. The standard InChI is InChI=1S/C22H29F3N4.HI/c1-26-21(28-15-18-6-7-19-4-2-3-5-20(19)14-18)27-11-8-17-9-12-29(13-10-17)16-22(23,24)25;/h2-7,14,17H,8-13,15-16H2,1H3,(H2,26,27,28);1H. The maximum Gasteiger partial charge on any atom is 0.401 e. The van der Waals surface area contributed by atoms with Gasteiger partial charge in [-0.05, 0) is 60.7 Å². The van der Waals surface area contributed by atoms with Crippen molar-refractivity contribution in [2.75, 3.05) is 33.2 Å². The maximum atomic E-state index is 12.5. The van der Waals surface area contributed by atoms with E-state index in [0.29, 0.717) is 25.6 Å². The number of aliphatic imine (C=N–C) groups is 1. The van der Waals surface area contributed by atoms with E-state index in [1.807, 2.05) is 12.1 Å². The van der Waals surface area contributed by atoms with Crippen LogP contribution in [0.25, 0.3) is 10.8 Å². The Balaban J connectivity index is 0.00000320. The zero-order chi connectivity index (χ0) is 20.7. The van der Waals surface area contributed by atoms with Crippen LogP contribution in [0.15, 0.2) is 47.5 Å².